The summed E-state index contributed by atoms with van der Waals surface area (Å²) in [6.07, 6.45) is 0.554. The minimum absolute atomic E-state index is 0.107. The molecule has 0 aliphatic carbocycles. The number of sulfonamides is 1. The Morgan fingerprint density at radius 3 is 2.45 bits per heavy atom. The normalized spacial score (nSPS) is 14.0. The predicted octanol–water partition coefficient (Wildman–Crippen LogP) is 2.65. The summed E-state index contributed by atoms with van der Waals surface area (Å²) in [7, 11) is -3.70. The molecule has 0 fully saturated rings. The maximum atomic E-state index is 12.7. The van der Waals surface area contributed by atoms with E-state index in [1.807, 2.05) is 6.92 Å². The van der Waals surface area contributed by atoms with Crippen molar-refractivity contribution in [1.29, 1.82) is 0 Å². The Balaban J connectivity index is 2.06. The molecule has 0 N–H and O–H groups in total. The van der Waals surface area contributed by atoms with Gasteiger partial charge >= 0.3 is 0 Å². The first-order chi connectivity index (χ1) is 10.4. The molecule has 22 heavy (non-hydrogen) atoms. The maximum absolute atomic E-state index is 12.7. The van der Waals surface area contributed by atoms with Gasteiger partial charge < -0.3 is 0 Å². The molecule has 0 aromatic heterocycles. The minimum Gasteiger partial charge on any atom is -0.265 e. The largest absolute Gasteiger partial charge is 0.271 e. The lowest BCUT2D eigenvalue weighted by atomic mass is 10.1. The lowest BCUT2D eigenvalue weighted by Crippen LogP contribution is -2.29. The number of nitrogens with zero attached hydrogens (tertiary/aromatic N) is 2. The van der Waals surface area contributed by atoms with Crippen molar-refractivity contribution in [2.24, 2.45) is 0 Å². The molecule has 0 radical (unpaired) electrons. The van der Waals surface area contributed by atoms with E-state index in [9.17, 15) is 18.5 Å². The van der Waals surface area contributed by atoms with Crippen LogP contribution < -0.4 is 4.31 Å². The van der Waals surface area contributed by atoms with Crippen molar-refractivity contribution >= 4 is 21.4 Å². The highest BCUT2D eigenvalue weighted by Crippen LogP contribution is 2.35. The molecule has 0 saturated heterocycles. The lowest BCUT2D eigenvalue weighted by molar-refractivity contribution is -0.384. The number of benzene rings is 2. The van der Waals surface area contributed by atoms with Crippen LogP contribution in [0.1, 0.15) is 11.1 Å². The molecule has 6 nitrogen and oxygen atoms in total. The smallest absolute Gasteiger partial charge is 0.265 e. The number of rotatable bonds is 3. The first-order valence-electron chi connectivity index (χ1n) is 6.76. The van der Waals surface area contributed by atoms with E-state index in [0.29, 0.717) is 18.7 Å². The standard InChI is InChI=1S/C15H14N2O4S/c1-11-2-6-14(7-3-11)22(20,21)16-9-8-12-4-5-13(17(18)19)10-15(12)16/h2-7,10H,8-9H2,1H3. The van der Waals surface area contributed by atoms with Gasteiger partial charge in [-0.3, -0.25) is 14.4 Å². The molecule has 2 aromatic rings. The van der Waals surface area contributed by atoms with Crippen molar-refractivity contribution in [3.63, 3.8) is 0 Å². The summed E-state index contributed by atoms with van der Waals surface area (Å²) in [5.74, 6) is 0. The Morgan fingerprint density at radius 1 is 1.14 bits per heavy atom. The molecule has 3 rings (SSSR count). The number of hydrogen-bond acceptors (Lipinski definition) is 4. The Morgan fingerprint density at radius 2 is 1.82 bits per heavy atom. The first kappa shape index (κ1) is 14.5. The molecule has 1 heterocycles. The monoisotopic (exact) mass is 318 g/mol. The Bertz CT molecular complexity index is 844. The van der Waals surface area contributed by atoms with Gasteiger partial charge in [0.25, 0.3) is 15.7 Å². The van der Waals surface area contributed by atoms with Gasteiger partial charge in [-0.05, 0) is 31.0 Å². The molecule has 0 atom stereocenters. The average molecular weight is 318 g/mol. The van der Waals surface area contributed by atoms with Gasteiger partial charge in [-0.1, -0.05) is 23.8 Å². The van der Waals surface area contributed by atoms with Crippen LogP contribution in [0.4, 0.5) is 11.4 Å². The SMILES string of the molecule is Cc1ccc(S(=O)(=O)N2CCc3ccc([N+](=O)[O-])cc32)cc1. The second-order valence-electron chi connectivity index (χ2n) is 5.21. The fraction of sp³-hybridized carbons (Fsp3) is 0.200. The molecule has 1 aliphatic rings. The Kier molecular flexibility index (Phi) is 3.37. The molecule has 0 saturated carbocycles. The molecular formula is C15H14N2O4S. The topological polar surface area (TPSA) is 80.5 Å². The van der Waals surface area contributed by atoms with Crippen LogP contribution in [0.2, 0.25) is 0 Å². The fourth-order valence-electron chi connectivity index (χ4n) is 2.54. The van der Waals surface area contributed by atoms with E-state index in [0.717, 1.165) is 11.1 Å². The highest BCUT2D eigenvalue weighted by molar-refractivity contribution is 7.92. The summed E-state index contributed by atoms with van der Waals surface area (Å²) < 4.78 is 26.7. The van der Waals surface area contributed by atoms with Crippen LogP contribution in [-0.2, 0) is 16.4 Å². The van der Waals surface area contributed by atoms with Crippen LogP contribution in [-0.4, -0.2) is 19.9 Å². The third-order valence-corrected chi connectivity index (χ3v) is 5.57. The van der Waals surface area contributed by atoms with Gasteiger partial charge in [0.15, 0.2) is 0 Å². The highest BCUT2D eigenvalue weighted by Gasteiger charge is 2.32. The van der Waals surface area contributed by atoms with E-state index in [4.69, 9.17) is 0 Å². The van der Waals surface area contributed by atoms with E-state index in [1.54, 1.807) is 30.3 Å². The summed E-state index contributed by atoms with van der Waals surface area (Å²) in [5, 5.41) is 10.9. The molecule has 2 aromatic carbocycles. The van der Waals surface area contributed by atoms with Crippen LogP contribution in [0, 0.1) is 17.0 Å². The number of hydrogen-bond donors (Lipinski definition) is 0. The van der Waals surface area contributed by atoms with Gasteiger partial charge in [-0.25, -0.2) is 8.42 Å². The minimum atomic E-state index is -3.70. The van der Waals surface area contributed by atoms with Crippen LogP contribution in [0.3, 0.4) is 0 Å². The van der Waals surface area contributed by atoms with Crippen LogP contribution >= 0.6 is 0 Å². The van der Waals surface area contributed by atoms with Crippen molar-refractivity contribution < 1.29 is 13.3 Å². The number of non-ortho nitro benzene ring substituents is 1. The average Bonchev–Trinajstić information content (AvgIpc) is 2.91. The zero-order valence-corrected chi connectivity index (χ0v) is 12.7. The van der Waals surface area contributed by atoms with E-state index in [2.05, 4.69) is 0 Å². The number of anilines is 1. The summed E-state index contributed by atoms with van der Waals surface area (Å²) in [6, 6.07) is 10.9. The van der Waals surface area contributed by atoms with E-state index in [1.165, 1.54) is 16.4 Å². The number of nitro benzene ring substituents is 1. The van der Waals surface area contributed by atoms with Gasteiger partial charge in [0.2, 0.25) is 0 Å². The van der Waals surface area contributed by atoms with Gasteiger partial charge in [-0.15, -0.1) is 0 Å². The van der Waals surface area contributed by atoms with E-state index >= 15 is 0 Å². The first-order valence-corrected chi connectivity index (χ1v) is 8.20. The zero-order chi connectivity index (χ0) is 15.9. The van der Waals surface area contributed by atoms with Crippen molar-refractivity contribution in [2.45, 2.75) is 18.2 Å². The second kappa shape index (κ2) is 5.10. The predicted molar refractivity (Wildman–Crippen MR) is 82.5 cm³/mol. The van der Waals surface area contributed by atoms with Crippen molar-refractivity contribution in [1.82, 2.24) is 0 Å². The fourth-order valence-corrected chi connectivity index (χ4v) is 4.03. The highest BCUT2D eigenvalue weighted by atomic mass is 32.2. The van der Waals surface area contributed by atoms with Crippen LogP contribution in [0.25, 0.3) is 0 Å². The van der Waals surface area contributed by atoms with Gasteiger partial charge in [0.1, 0.15) is 0 Å². The lowest BCUT2D eigenvalue weighted by Gasteiger charge is -2.19. The molecule has 7 heteroatoms. The van der Waals surface area contributed by atoms with Crippen LogP contribution in [0.15, 0.2) is 47.4 Å². The van der Waals surface area contributed by atoms with Gasteiger partial charge in [0, 0.05) is 18.7 Å². The number of fused-ring (bicyclic) bond motifs is 1. The molecule has 1 aliphatic heterocycles. The summed E-state index contributed by atoms with van der Waals surface area (Å²) >= 11 is 0. The van der Waals surface area contributed by atoms with Gasteiger partial charge in [-0.2, -0.15) is 0 Å². The summed E-state index contributed by atoms with van der Waals surface area (Å²) in [5.41, 5.74) is 2.07. The summed E-state index contributed by atoms with van der Waals surface area (Å²) in [4.78, 5) is 10.6. The van der Waals surface area contributed by atoms with E-state index in [-0.39, 0.29) is 10.6 Å². The van der Waals surface area contributed by atoms with Crippen molar-refractivity contribution in [2.75, 3.05) is 10.8 Å². The second-order valence-corrected chi connectivity index (χ2v) is 7.07. The maximum Gasteiger partial charge on any atom is 0.271 e. The quantitative estimate of drug-likeness (QED) is 0.643. The van der Waals surface area contributed by atoms with Gasteiger partial charge in [0.05, 0.1) is 15.5 Å². The molecule has 0 unspecified atom stereocenters. The number of aryl methyl sites for hydroxylation is 1. The molecular weight excluding hydrogens is 304 g/mol. The molecule has 114 valence electrons. The zero-order valence-electron chi connectivity index (χ0n) is 11.9. The van der Waals surface area contributed by atoms with Crippen molar-refractivity contribution in [3.05, 3.63) is 63.7 Å². The Hall–Kier alpha value is -2.41. The molecule has 0 amide bonds. The number of nitro groups is 1. The summed E-state index contributed by atoms with van der Waals surface area (Å²) in [6.45, 7) is 2.18. The third kappa shape index (κ3) is 2.33. The van der Waals surface area contributed by atoms with E-state index < -0.39 is 14.9 Å². The molecule has 0 bridgehead atoms. The third-order valence-electron chi connectivity index (χ3n) is 3.74. The molecule has 0 spiro atoms. The Labute approximate surface area is 128 Å². The van der Waals surface area contributed by atoms with Crippen LogP contribution in [0.5, 0.6) is 0 Å². The van der Waals surface area contributed by atoms with Crippen molar-refractivity contribution in [3.8, 4) is 0 Å².